The van der Waals surface area contributed by atoms with Crippen molar-refractivity contribution < 1.29 is 4.79 Å². The van der Waals surface area contributed by atoms with Crippen LogP contribution in [0.3, 0.4) is 0 Å². The molecule has 2 aromatic rings. The Hall–Kier alpha value is -2.66. The van der Waals surface area contributed by atoms with Crippen LogP contribution < -0.4 is 5.32 Å². The average molecular weight is 364 g/mol. The van der Waals surface area contributed by atoms with Crippen LogP contribution in [0.5, 0.6) is 0 Å². The summed E-state index contributed by atoms with van der Waals surface area (Å²) >= 11 is 0. The van der Waals surface area contributed by atoms with E-state index in [2.05, 4.69) is 39.5 Å². The van der Waals surface area contributed by atoms with Gasteiger partial charge in [0.05, 0.1) is 0 Å². The number of benzene rings is 1. The number of amides is 2. The van der Waals surface area contributed by atoms with E-state index in [-0.39, 0.29) is 12.1 Å². The van der Waals surface area contributed by atoms with Crippen molar-refractivity contribution >= 4 is 12.1 Å². The summed E-state index contributed by atoms with van der Waals surface area (Å²) in [6, 6.07) is 14.4. The third kappa shape index (κ3) is 6.22. The lowest BCUT2D eigenvalue weighted by Crippen LogP contribution is -2.53. The van der Waals surface area contributed by atoms with Gasteiger partial charge >= 0.3 is 6.03 Å². The van der Waals surface area contributed by atoms with Crippen molar-refractivity contribution in [3.8, 4) is 0 Å². The Labute approximate surface area is 161 Å². The molecule has 2 heterocycles. The lowest BCUT2D eigenvalue weighted by atomic mass is 10.1. The number of piperazine rings is 1. The number of hydrogen-bond donors (Lipinski definition) is 1. The van der Waals surface area contributed by atoms with Gasteiger partial charge in [0.25, 0.3) is 0 Å². The maximum atomic E-state index is 12.5. The molecule has 0 radical (unpaired) electrons. The summed E-state index contributed by atoms with van der Waals surface area (Å²) in [4.78, 5) is 20.9. The second-order valence-electron chi connectivity index (χ2n) is 7.02. The predicted molar refractivity (Wildman–Crippen MR) is 109 cm³/mol. The molecule has 0 unspecified atom stereocenters. The normalized spacial score (nSPS) is 16.4. The SMILES string of the molecule is C[C@@H](Cc1cccnc1)NC(=O)N1CCN(C/C=C/c2ccccc2)CC1. The number of nitrogens with zero attached hydrogens (tertiary/aromatic N) is 3. The van der Waals surface area contributed by atoms with Gasteiger partial charge in [0.2, 0.25) is 0 Å². The fraction of sp³-hybridized carbons (Fsp3) is 0.364. The molecule has 0 bridgehead atoms. The number of carbonyl (C=O) groups is 1. The van der Waals surface area contributed by atoms with Crippen LogP contribution in [0.15, 0.2) is 60.9 Å². The Morgan fingerprint density at radius 2 is 1.93 bits per heavy atom. The number of urea groups is 1. The topological polar surface area (TPSA) is 48.5 Å². The first-order valence-corrected chi connectivity index (χ1v) is 9.59. The smallest absolute Gasteiger partial charge is 0.317 e. The summed E-state index contributed by atoms with van der Waals surface area (Å²) in [5, 5.41) is 3.10. The van der Waals surface area contributed by atoms with E-state index in [9.17, 15) is 4.79 Å². The molecule has 0 aliphatic carbocycles. The summed E-state index contributed by atoms with van der Waals surface area (Å²) in [5.41, 5.74) is 2.36. The summed E-state index contributed by atoms with van der Waals surface area (Å²) in [7, 11) is 0. The third-order valence-corrected chi connectivity index (χ3v) is 4.77. The highest BCUT2D eigenvalue weighted by atomic mass is 16.2. The molecule has 1 N–H and O–H groups in total. The molecule has 1 fully saturated rings. The number of aromatic nitrogens is 1. The van der Waals surface area contributed by atoms with Crippen molar-refractivity contribution in [2.45, 2.75) is 19.4 Å². The minimum Gasteiger partial charge on any atom is -0.335 e. The van der Waals surface area contributed by atoms with Gasteiger partial charge in [-0.25, -0.2) is 4.79 Å². The molecule has 1 aromatic heterocycles. The van der Waals surface area contributed by atoms with Crippen LogP contribution in [-0.4, -0.2) is 59.6 Å². The quantitative estimate of drug-likeness (QED) is 0.857. The van der Waals surface area contributed by atoms with E-state index in [1.165, 1.54) is 5.56 Å². The van der Waals surface area contributed by atoms with E-state index in [0.717, 1.165) is 44.7 Å². The van der Waals surface area contributed by atoms with Crippen LogP contribution in [0.25, 0.3) is 6.08 Å². The molecule has 1 atom stereocenters. The highest BCUT2D eigenvalue weighted by molar-refractivity contribution is 5.74. The van der Waals surface area contributed by atoms with Crippen molar-refractivity contribution in [3.05, 3.63) is 72.1 Å². The van der Waals surface area contributed by atoms with Gasteiger partial charge in [0, 0.05) is 51.2 Å². The van der Waals surface area contributed by atoms with Crippen LogP contribution >= 0.6 is 0 Å². The Kier molecular flexibility index (Phi) is 6.99. The molecule has 3 rings (SSSR count). The zero-order valence-corrected chi connectivity index (χ0v) is 15.9. The van der Waals surface area contributed by atoms with Gasteiger partial charge in [-0.1, -0.05) is 48.6 Å². The van der Waals surface area contributed by atoms with Crippen LogP contribution in [0.4, 0.5) is 4.79 Å². The first kappa shape index (κ1) is 19.1. The molecular formula is C22H28N4O. The van der Waals surface area contributed by atoms with E-state index in [1.807, 2.05) is 48.4 Å². The van der Waals surface area contributed by atoms with Crippen LogP contribution in [0.1, 0.15) is 18.1 Å². The lowest BCUT2D eigenvalue weighted by Gasteiger charge is -2.34. The standard InChI is InChI=1S/C22H28N4O/c1-19(17-21-9-5-11-23-18-21)24-22(27)26-15-13-25(14-16-26)12-6-10-20-7-3-2-4-8-20/h2-11,18-19H,12-17H2,1H3,(H,24,27)/b10-6+/t19-/m0/s1. The molecule has 1 aliphatic rings. The highest BCUT2D eigenvalue weighted by Gasteiger charge is 2.21. The Morgan fingerprint density at radius 3 is 2.63 bits per heavy atom. The number of hydrogen-bond acceptors (Lipinski definition) is 3. The zero-order chi connectivity index (χ0) is 18.9. The molecule has 0 saturated carbocycles. The number of pyridine rings is 1. The Balaban J connectivity index is 1.38. The van der Waals surface area contributed by atoms with Gasteiger partial charge in [-0.3, -0.25) is 9.88 Å². The second-order valence-corrected chi connectivity index (χ2v) is 7.02. The summed E-state index contributed by atoms with van der Waals surface area (Å²) in [6.45, 7) is 6.31. The van der Waals surface area contributed by atoms with Gasteiger partial charge in [0.1, 0.15) is 0 Å². The highest BCUT2D eigenvalue weighted by Crippen LogP contribution is 2.06. The fourth-order valence-electron chi connectivity index (χ4n) is 3.26. The molecule has 1 saturated heterocycles. The molecule has 27 heavy (non-hydrogen) atoms. The van der Waals surface area contributed by atoms with Crippen molar-refractivity contribution in [1.82, 2.24) is 20.1 Å². The van der Waals surface area contributed by atoms with Gasteiger partial charge in [0.15, 0.2) is 0 Å². The predicted octanol–water partition coefficient (Wildman–Crippen LogP) is 3.05. The zero-order valence-electron chi connectivity index (χ0n) is 15.9. The minimum atomic E-state index is 0.0332. The summed E-state index contributed by atoms with van der Waals surface area (Å²) < 4.78 is 0. The molecule has 2 amide bonds. The number of rotatable bonds is 6. The van der Waals surface area contributed by atoms with E-state index in [1.54, 1.807) is 6.20 Å². The maximum Gasteiger partial charge on any atom is 0.317 e. The summed E-state index contributed by atoms with van der Waals surface area (Å²) in [5.74, 6) is 0. The van der Waals surface area contributed by atoms with Gasteiger partial charge in [-0.2, -0.15) is 0 Å². The molecule has 5 nitrogen and oxygen atoms in total. The third-order valence-electron chi connectivity index (χ3n) is 4.77. The maximum absolute atomic E-state index is 12.5. The molecule has 0 spiro atoms. The van der Waals surface area contributed by atoms with Crippen LogP contribution in [0, 0.1) is 0 Å². The first-order valence-electron chi connectivity index (χ1n) is 9.59. The summed E-state index contributed by atoms with van der Waals surface area (Å²) in [6.07, 6.45) is 8.76. The first-order chi connectivity index (χ1) is 13.2. The molecule has 5 heteroatoms. The monoisotopic (exact) mass is 364 g/mol. The van der Waals surface area contributed by atoms with Crippen molar-refractivity contribution in [2.24, 2.45) is 0 Å². The van der Waals surface area contributed by atoms with Crippen molar-refractivity contribution in [3.63, 3.8) is 0 Å². The minimum absolute atomic E-state index is 0.0332. The van der Waals surface area contributed by atoms with E-state index < -0.39 is 0 Å². The fourth-order valence-corrected chi connectivity index (χ4v) is 3.26. The number of nitrogens with one attached hydrogen (secondary N) is 1. The van der Waals surface area contributed by atoms with Gasteiger partial charge in [-0.15, -0.1) is 0 Å². The van der Waals surface area contributed by atoms with E-state index in [0.29, 0.717) is 0 Å². The molecule has 1 aromatic carbocycles. The van der Waals surface area contributed by atoms with E-state index >= 15 is 0 Å². The van der Waals surface area contributed by atoms with Crippen molar-refractivity contribution in [1.29, 1.82) is 0 Å². The van der Waals surface area contributed by atoms with Crippen LogP contribution in [0.2, 0.25) is 0 Å². The van der Waals surface area contributed by atoms with Crippen LogP contribution in [-0.2, 0) is 6.42 Å². The lowest BCUT2D eigenvalue weighted by molar-refractivity contribution is 0.145. The Morgan fingerprint density at radius 1 is 1.15 bits per heavy atom. The number of carbonyl (C=O) groups excluding carboxylic acids is 1. The van der Waals surface area contributed by atoms with Crippen molar-refractivity contribution in [2.75, 3.05) is 32.7 Å². The second kappa shape index (κ2) is 9.88. The molecule has 1 aliphatic heterocycles. The average Bonchev–Trinajstić information content (AvgIpc) is 2.70. The largest absolute Gasteiger partial charge is 0.335 e. The molecule has 142 valence electrons. The van der Waals surface area contributed by atoms with Gasteiger partial charge < -0.3 is 10.2 Å². The van der Waals surface area contributed by atoms with E-state index in [4.69, 9.17) is 0 Å². The molecular weight excluding hydrogens is 336 g/mol. The van der Waals surface area contributed by atoms with Gasteiger partial charge in [-0.05, 0) is 30.5 Å². The Bertz CT molecular complexity index is 724.